The Balaban J connectivity index is 4.24. The van der Waals surface area contributed by atoms with Gasteiger partial charge >= 0.3 is 5.97 Å². The van der Waals surface area contributed by atoms with Crippen LogP contribution in [-0.4, -0.2) is 47.4 Å². The van der Waals surface area contributed by atoms with Gasteiger partial charge in [-0.2, -0.15) is 0 Å². The van der Waals surface area contributed by atoms with Gasteiger partial charge in [-0.1, -0.05) is 0 Å². The Kier molecular flexibility index (Phi) is 5.84. The van der Waals surface area contributed by atoms with Gasteiger partial charge in [-0.15, -0.1) is 0 Å². The zero-order valence-corrected chi connectivity index (χ0v) is 9.56. The van der Waals surface area contributed by atoms with E-state index in [2.05, 4.69) is 5.32 Å². The van der Waals surface area contributed by atoms with Crippen LogP contribution < -0.4 is 5.32 Å². The molecule has 0 aliphatic rings. The Morgan fingerprint density at radius 2 is 1.94 bits per heavy atom. The first-order valence-electron chi connectivity index (χ1n) is 4.85. The molecule has 0 saturated carbocycles. The molecule has 0 radical (unpaired) electrons. The van der Waals surface area contributed by atoms with Crippen LogP contribution in [0.15, 0.2) is 12.2 Å². The summed E-state index contributed by atoms with van der Waals surface area (Å²) in [5.74, 6) is -2.04. The Morgan fingerprint density at radius 3 is 2.38 bits per heavy atom. The molecular weight excluding hydrogens is 212 g/mol. The summed E-state index contributed by atoms with van der Waals surface area (Å²) in [5, 5.41) is 10.7. The largest absolute Gasteiger partial charge is 0.478 e. The van der Waals surface area contributed by atoms with Gasteiger partial charge in [0, 0.05) is 25.7 Å². The molecule has 0 aliphatic carbocycles. The van der Waals surface area contributed by atoms with Gasteiger partial charge in [-0.05, 0) is 13.8 Å². The quantitative estimate of drug-likeness (QED) is 0.627. The number of aliphatic carboxylic acids is 1. The van der Waals surface area contributed by atoms with Gasteiger partial charge in [0.1, 0.15) is 6.04 Å². The molecule has 0 aromatic carbocycles. The van der Waals surface area contributed by atoms with Crippen LogP contribution in [0.1, 0.15) is 13.8 Å². The molecular formula is C10H16N2O4. The van der Waals surface area contributed by atoms with Crippen LogP contribution in [0, 0.1) is 0 Å². The first-order chi connectivity index (χ1) is 7.38. The van der Waals surface area contributed by atoms with Crippen LogP contribution in [-0.2, 0) is 14.4 Å². The summed E-state index contributed by atoms with van der Waals surface area (Å²) in [7, 11) is 1.62. The van der Waals surface area contributed by atoms with Gasteiger partial charge in [0.05, 0.1) is 0 Å². The minimum atomic E-state index is -1.21. The molecule has 6 nitrogen and oxygen atoms in total. The van der Waals surface area contributed by atoms with E-state index >= 15 is 0 Å². The summed E-state index contributed by atoms with van der Waals surface area (Å²) in [6.45, 7) is 3.90. The van der Waals surface area contributed by atoms with Crippen molar-refractivity contribution in [3.05, 3.63) is 12.2 Å². The van der Waals surface area contributed by atoms with Crippen LogP contribution in [0.5, 0.6) is 0 Å². The summed E-state index contributed by atoms with van der Waals surface area (Å²) in [6, 6.07) is -0.670. The number of carboxylic acid groups (broad SMARTS) is 1. The molecule has 1 atom stereocenters. The zero-order valence-electron chi connectivity index (χ0n) is 9.56. The summed E-state index contributed by atoms with van der Waals surface area (Å²) in [5.41, 5.74) is 0. The number of nitrogens with zero attached hydrogens (tertiary/aromatic N) is 1. The molecule has 0 rings (SSSR count). The van der Waals surface area contributed by atoms with E-state index in [1.54, 1.807) is 14.0 Å². The maximum Gasteiger partial charge on any atom is 0.328 e. The SMILES string of the molecule is CCN(C)C(=O)C(C)NC(=O)/C=C/C(=O)O. The van der Waals surface area contributed by atoms with Crippen LogP contribution in [0.2, 0.25) is 0 Å². The van der Waals surface area contributed by atoms with Crippen LogP contribution in [0.3, 0.4) is 0 Å². The Morgan fingerprint density at radius 1 is 1.38 bits per heavy atom. The van der Waals surface area contributed by atoms with Crippen LogP contribution in [0.4, 0.5) is 0 Å². The number of amides is 2. The topological polar surface area (TPSA) is 86.7 Å². The second-order valence-corrected chi connectivity index (χ2v) is 3.25. The van der Waals surface area contributed by atoms with Gasteiger partial charge in [-0.25, -0.2) is 4.79 Å². The van der Waals surface area contributed by atoms with Gasteiger partial charge < -0.3 is 15.3 Å². The number of carboxylic acids is 1. The highest BCUT2D eigenvalue weighted by molar-refractivity contribution is 5.96. The summed E-state index contributed by atoms with van der Waals surface area (Å²) in [4.78, 5) is 34.3. The van der Waals surface area contributed by atoms with Crippen molar-refractivity contribution in [3.63, 3.8) is 0 Å². The number of rotatable bonds is 5. The van der Waals surface area contributed by atoms with Gasteiger partial charge in [0.15, 0.2) is 0 Å². The van der Waals surface area contributed by atoms with Crippen molar-refractivity contribution in [3.8, 4) is 0 Å². The molecule has 6 heteroatoms. The number of carbonyl (C=O) groups excluding carboxylic acids is 2. The molecule has 0 aliphatic heterocycles. The second kappa shape index (κ2) is 6.60. The summed E-state index contributed by atoms with van der Waals surface area (Å²) < 4.78 is 0. The molecule has 16 heavy (non-hydrogen) atoms. The van der Waals surface area contributed by atoms with E-state index < -0.39 is 17.9 Å². The molecule has 0 spiro atoms. The van der Waals surface area contributed by atoms with E-state index in [9.17, 15) is 14.4 Å². The molecule has 0 fully saturated rings. The van der Waals surface area contributed by atoms with E-state index in [0.29, 0.717) is 6.54 Å². The lowest BCUT2D eigenvalue weighted by molar-refractivity contribution is -0.133. The number of carbonyl (C=O) groups is 3. The third kappa shape index (κ3) is 5.14. The minimum Gasteiger partial charge on any atom is -0.478 e. The van der Waals surface area contributed by atoms with E-state index in [1.165, 1.54) is 4.90 Å². The van der Waals surface area contributed by atoms with Gasteiger partial charge in [0.25, 0.3) is 0 Å². The first-order valence-corrected chi connectivity index (χ1v) is 4.85. The van der Waals surface area contributed by atoms with Crippen molar-refractivity contribution in [2.75, 3.05) is 13.6 Å². The molecule has 2 amide bonds. The first kappa shape index (κ1) is 14.2. The monoisotopic (exact) mass is 228 g/mol. The second-order valence-electron chi connectivity index (χ2n) is 3.25. The van der Waals surface area contributed by atoms with Gasteiger partial charge in [-0.3, -0.25) is 9.59 Å². The van der Waals surface area contributed by atoms with E-state index in [1.807, 2.05) is 6.92 Å². The highest BCUT2D eigenvalue weighted by atomic mass is 16.4. The van der Waals surface area contributed by atoms with Crippen molar-refractivity contribution in [2.45, 2.75) is 19.9 Å². The number of nitrogens with one attached hydrogen (secondary N) is 1. The molecule has 1 unspecified atom stereocenters. The normalized spacial score (nSPS) is 12.2. The van der Waals surface area contributed by atoms with Gasteiger partial charge in [0.2, 0.25) is 11.8 Å². The van der Waals surface area contributed by atoms with E-state index in [-0.39, 0.29) is 5.91 Å². The van der Waals surface area contributed by atoms with Crippen molar-refractivity contribution < 1.29 is 19.5 Å². The molecule has 90 valence electrons. The maximum atomic E-state index is 11.5. The Labute approximate surface area is 93.9 Å². The predicted octanol–water partition coefficient (Wildman–Crippen LogP) is -0.390. The number of hydrogen-bond donors (Lipinski definition) is 2. The van der Waals surface area contributed by atoms with E-state index in [4.69, 9.17) is 5.11 Å². The Bertz CT molecular complexity index is 312. The molecule has 0 heterocycles. The van der Waals surface area contributed by atoms with Crippen molar-refractivity contribution in [1.82, 2.24) is 10.2 Å². The lowest BCUT2D eigenvalue weighted by atomic mass is 10.3. The maximum absolute atomic E-state index is 11.5. The minimum absolute atomic E-state index is 0.223. The van der Waals surface area contributed by atoms with Crippen molar-refractivity contribution in [2.24, 2.45) is 0 Å². The van der Waals surface area contributed by atoms with E-state index in [0.717, 1.165) is 12.2 Å². The summed E-state index contributed by atoms with van der Waals surface area (Å²) in [6.07, 6.45) is 1.59. The average Bonchev–Trinajstić information content (AvgIpc) is 2.24. The fourth-order valence-corrected chi connectivity index (χ4v) is 0.957. The number of likely N-dealkylation sites (N-methyl/N-ethyl adjacent to an activating group) is 1. The Hall–Kier alpha value is -1.85. The molecule has 0 aromatic heterocycles. The average molecular weight is 228 g/mol. The van der Waals surface area contributed by atoms with Crippen molar-refractivity contribution in [1.29, 1.82) is 0 Å². The standard InChI is InChI=1S/C10H16N2O4/c1-4-12(3)10(16)7(2)11-8(13)5-6-9(14)15/h5-7H,4H2,1-3H3,(H,11,13)(H,14,15)/b6-5+. The third-order valence-corrected chi connectivity index (χ3v) is 1.96. The lowest BCUT2D eigenvalue weighted by Crippen LogP contribution is -2.45. The molecule has 2 N–H and O–H groups in total. The fraction of sp³-hybridized carbons (Fsp3) is 0.500. The van der Waals surface area contributed by atoms with Crippen LogP contribution in [0.25, 0.3) is 0 Å². The van der Waals surface area contributed by atoms with Crippen molar-refractivity contribution >= 4 is 17.8 Å². The highest BCUT2D eigenvalue weighted by Crippen LogP contribution is 1.91. The molecule has 0 bridgehead atoms. The molecule has 0 aromatic rings. The smallest absolute Gasteiger partial charge is 0.328 e. The zero-order chi connectivity index (χ0) is 12.7. The fourth-order valence-electron chi connectivity index (χ4n) is 0.957. The highest BCUT2D eigenvalue weighted by Gasteiger charge is 2.17. The third-order valence-electron chi connectivity index (χ3n) is 1.96. The summed E-state index contributed by atoms with van der Waals surface area (Å²) >= 11 is 0. The number of hydrogen-bond acceptors (Lipinski definition) is 3. The predicted molar refractivity (Wildman–Crippen MR) is 57.7 cm³/mol. The molecule has 0 saturated heterocycles. The lowest BCUT2D eigenvalue weighted by Gasteiger charge is -2.19. The van der Waals surface area contributed by atoms with Crippen LogP contribution >= 0.6 is 0 Å².